The van der Waals surface area contributed by atoms with Crippen LogP contribution >= 0.6 is 0 Å². The molecule has 0 aliphatic rings. The highest BCUT2D eigenvalue weighted by atomic mass is 32.2. The van der Waals surface area contributed by atoms with Gasteiger partial charge in [0.05, 0.1) is 18.0 Å². The first-order valence-electron chi connectivity index (χ1n) is 5.56. The number of benzene rings is 1. The van der Waals surface area contributed by atoms with Crippen molar-refractivity contribution in [2.45, 2.75) is 4.90 Å². The second kappa shape index (κ2) is 7.19. The molecular formula is C11H17N3O4S. The van der Waals surface area contributed by atoms with E-state index in [-0.39, 0.29) is 17.3 Å². The molecule has 1 aromatic rings. The zero-order valence-corrected chi connectivity index (χ0v) is 11.4. The number of methoxy groups -OCH3 is 1. The monoisotopic (exact) mass is 287 g/mol. The molecule has 8 heteroatoms. The Morgan fingerprint density at radius 3 is 2.47 bits per heavy atom. The van der Waals surface area contributed by atoms with Crippen molar-refractivity contribution in [2.24, 2.45) is 5.14 Å². The quantitative estimate of drug-likeness (QED) is 0.586. The van der Waals surface area contributed by atoms with Gasteiger partial charge in [-0.2, -0.15) is 0 Å². The van der Waals surface area contributed by atoms with Crippen LogP contribution in [0.25, 0.3) is 0 Å². The number of amides is 1. The third-order valence-corrected chi connectivity index (χ3v) is 3.16. The van der Waals surface area contributed by atoms with Crippen molar-refractivity contribution in [1.82, 2.24) is 5.32 Å². The van der Waals surface area contributed by atoms with Gasteiger partial charge in [0.25, 0.3) is 0 Å². The summed E-state index contributed by atoms with van der Waals surface area (Å²) < 4.78 is 26.9. The minimum Gasteiger partial charge on any atom is -0.383 e. The lowest BCUT2D eigenvalue weighted by atomic mass is 10.3. The number of rotatable bonds is 7. The zero-order chi connectivity index (χ0) is 14.3. The molecule has 106 valence electrons. The molecule has 0 radical (unpaired) electrons. The molecule has 0 aliphatic carbocycles. The van der Waals surface area contributed by atoms with Crippen molar-refractivity contribution >= 4 is 21.6 Å². The molecule has 1 amide bonds. The van der Waals surface area contributed by atoms with E-state index >= 15 is 0 Å². The Hall–Kier alpha value is -1.48. The van der Waals surface area contributed by atoms with E-state index in [1.54, 1.807) is 7.11 Å². The number of hydrogen-bond acceptors (Lipinski definition) is 5. The molecular weight excluding hydrogens is 270 g/mol. The SMILES string of the molecule is COCCNCC(=O)Nc1ccc(S(N)(=O)=O)cc1. The summed E-state index contributed by atoms with van der Waals surface area (Å²) in [4.78, 5) is 11.5. The fourth-order valence-corrected chi connectivity index (χ4v) is 1.82. The number of carbonyl (C=O) groups excluding carboxylic acids is 1. The Bertz CT molecular complexity index is 513. The summed E-state index contributed by atoms with van der Waals surface area (Å²) in [7, 11) is -2.13. The van der Waals surface area contributed by atoms with Gasteiger partial charge in [-0.15, -0.1) is 0 Å². The Balaban J connectivity index is 2.47. The van der Waals surface area contributed by atoms with E-state index < -0.39 is 10.0 Å². The normalized spacial score (nSPS) is 11.3. The molecule has 0 saturated heterocycles. The van der Waals surface area contributed by atoms with Crippen LogP contribution in [0.2, 0.25) is 0 Å². The predicted molar refractivity (Wildman–Crippen MR) is 71.2 cm³/mol. The minimum atomic E-state index is -3.71. The highest BCUT2D eigenvalue weighted by molar-refractivity contribution is 7.89. The fraction of sp³-hybridized carbons (Fsp3) is 0.364. The van der Waals surface area contributed by atoms with E-state index in [1.165, 1.54) is 24.3 Å². The van der Waals surface area contributed by atoms with Crippen LogP contribution in [0.3, 0.4) is 0 Å². The molecule has 0 unspecified atom stereocenters. The molecule has 4 N–H and O–H groups in total. The zero-order valence-electron chi connectivity index (χ0n) is 10.5. The number of nitrogens with two attached hydrogens (primary N) is 1. The van der Waals surface area contributed by atoms with Crippen molar-refractivity contribution in [3.05, 3.63) is 24.3 Å². The van der Waals surface area contributed by atoms with Crippen molar-refractivity contribution in [2.75, 3.05) is 32.1 Å². The molecule has 0 aromatic heterocycles. The number of carbonyl (C=O) groups is 1. The van der Waals surface area contributed by atoms with E-state index in [0.717, 1.165) is 0 Å². The Morgan fingerprint density at radius 2 is 1.95 bits per heavy atom. The average molecular weight is 287 g/mol. The summed E-state index contributed by atoms with van der Waals surface area (Å²) >= 11 is 0. The molecule has 0 atom stereocenters. The van der Waals surface area contributed by atoms with Crippen LogP contribution in [0.1, 0.15) is 0 Å². The molecule has 0 fully saturated rings. The maximum atomic E-state index is 11.5. The van der Waals surface area contributed by atoms with Crippen LogP contribution in [-0.2, 0) is 19.6 Å². The first kappa shape index (κ1) is 15.6. The van der Waals surface area contributed by atoms with E-state index in [2.05, 4.69) is 10.6 Å². The lowest BCUT2D eigenvalue weighted by Crippen LogP contribution is -2.30. The van der Waals surface area contributed by atoms with Gasteiger partial charge in [-0.25, -0.2) is 13.6 Å². The van der Waals surface area contributed by atoms with Crippen LogP contribution in [0.5, 0.6) is 0 Å². The van der Waals surface area contributed by atoms with Gasteiger partial charge in [0.2, 0.25) is 15.9 Å². The molecule has 7 nitrogen and oxygen atoms in total. The first-order valence-corrected chi connectivity index (χ1v) is 7.10. The van der Waals surface area contributed by atoms with Crippen LogP contribution in [0.15, 0.2) is 29.2 Å². The van der Waals surface area contributed by atoms with E-state index in [1.807, 2.05) is 0 Å². The molecule has 19 heavy (non-hydrogen) atoms. The third kappa shape index (κ3) is 5.79. The summed E-state index contributed by atoms with van der Waals surface area (Å²) in [5.41, 5.74) is 0.506. The van der Waals surface area contributed by atoms with Gasteiger partial charge >= 0.3 is 0 Å². The highest BCUT2D eigenvalue weighted by Gasteiger charge is 2.07. The van der Waals surface area contributed by atoms with Crippen molar-refractivity contribution in [1.29, 1.82) is 0 Å². The smallest absolute Gasteiger partial charge is 0.238 e. The Morgan fingerprint density at radius 1 is 1.32 bits per heavy atom. The molecule has 0 bridgehead atoms. The van der Waals surface area contributed by atoms with Crippen molar-refractivity contribution < 1.29 is 17.9 Å². The van der Waals surface area contributed by atoms with Crippen LogP contribution in [0, 0.1) is 0 Å². The third-order valence-electron chi connectivity index (χ3n) is 2.24. The molecule has 1 rings (SSSR count). The second-order valence-corrected chi connectivity index (χ2v) is 5.35. The first-order chi connectivity index (χ1) is 8.93. The minimum absolute atomic E-state index is 0.00344. The lowest BCUT2D eigenvalue weighted by molar-refractivity contribution is -0.115. The number of ether oxygens (including phenoxy) is 1. The summed E-state index contributed by atoms with van der Waals surface area (Å²) in [6.07, 6.45) is 0. The van der Waals surface area contributed by atoms with Gasteiger partial charge in [0.1, 0.15) is 0 Å². The highest BCUT2D eigenvalue weighted by Crippen LogP contribution is 2.12. The summed E-state index contributed by atoms with van der Waals surface area (Å²) in [5, 5.41) is 10.5. The van der Waals surface area contributed by atoms with Gasteiger partial charge in [0.15, 0.2) is 0 Å². The number of hydrogen-bond donors (Lipinski definition) is 3. The summed E-state index contributed by atoms with van der Waals surface area (Å²) in [6, 6.07) is 5.63. The van der Waals surface area contributed by atoms with Crippen molar-refractivity contribution in [3.8, 4) is 0 Å². The Kier molecular flexibility index (Phi) is 5.90. The van der Waals surface area contributed by atoms with Gasteiger partial charge in [-0.3, -0.25) is 4.79 Å². The molecule has 0 aliphatic heterocycles. The topological polar surface area (TPSA) is 111 Å². The van der Waals surface area contributed by atoms with Crippen molar-refractivity contribution in [3.63, 3.8) is 0 Å². The standard InChI is InChI=1S/C11H17N3O4S/c1-18-7-6-13-8-11(15)14-9-2-4-10(5-3-9)19(12,16)17/h2-5,13H,6-8H2,1H3,(H,14,15)(H2,12,16,17). The van der Waals surface area contributed by atoms with E-state index in [4.69, 9.17) is 9.88 Å². The van der Waals surface area contributed by atoms with Gasteiger partial charge in [-0.05, 0) is 24.3 Å². The Labute approximate surface area is 112 Å². The molecule has 0 heterocycles. The second-order valence-electron chi connectivity index (χ2n) is 3.79. The lowest BCUT2D eigenvalue weighted by Gasteiger charge is -2.07. The molecule has 0 saturated carbocycles. The predicted octanol–water partition coefficient (Wildman–Crippen LogP) is -0.491. The molecule has 0 spiro atoms. The van der Waals surface area contributed by atoms with Crippen LogP contribution in [0.4, 0.5) is 5.69 Å². The number of primary sulfonamides is 1. The number of anilines is 1. The van der Waals surface area contributed by atoms with Gasteiger partial charge < -0.3 is 15.4 Å². The molecule has 1 aromatic carbocycles. The van der Waals surface area contributed by atoms with E-state index in [0.29, 0.717) is 18.8 Å². The summed E-state index contributed by atoms with van der Waals surface area (Å²) in [6.45, 7) is 1.25. The summed E-state index contributed by atoms with van der Waals surface area (Å²) in [5.74, 6) is -0.223. The average Bonchev–Trinajstić information content (AvgIpc) is 2.34. The van der Waals surface area contributed by atoms with E-state index in [9.17, 15) is 13.2 Å². The van der Waals surface area contributed by atoms with Gasteiger partial charge in [0, 0.05) is 19.3 Å². The fourth-order valence-electron chi connectivity index (χ4n) is 1.31. The number of nitrogens with one attached hydrogen (secondary N) is 2. The number of sulfonamides is 1. The van der Waals surface area contributed by atoms with Crippen LogP contribution in [-0.4, -0.2) is 41.1 Å². The maximum absolute atomic E-state index is 11.5. The largest absolute Gasteiger partial charge is 0.383 e. The maximum Gasteiger partial charge on any atom is 0.238 e. The van der Waals surface area contributed by atoms with Gasteiger partial charge in [-0.1, -0.05) is 0 Å². The van der Waals surface area contributed by atoms with Crippen LogP contribution < -0.4 is 15.8 Å².